The van der Waals surface area contributed by atoms with E-state index in [0.717, 1.165) is 30.0 Å². The SMILES string of the molecule is Cc1cc(N2CCc3ccccc32)nc(NCc2ccncc2)n1. The minimum atomic E-state index is 0.659. The van der Waals surface area contributed by atoms with Gasteiger partial charge in [-0.05, 0) is 42.7 Å². The van der Waals surface area contributed by atoms with E-state index < -0.39 is 0 Å². The summed E-state index contributed by atoms with van der Waals surface area (Å²) in [6.07, 6.45) is 4.64. The number of hydrogen-bond donors (Lipinski definition) is 1. The molecule has 0 atom stereocenters. The quantitative estimate of drug-likeness (QED) is 0.798. The fraction of sp³-hybridized carbons (Fsp3) is 0.211. The summed E-state index contributed by atoms with van der Waals surface area (Å²) in [5.41, 5.74) is 4.74. The highest BCUT2D eigenvalue weighted by Crippen LogP contribution is 2.33. The second-order valence-electron chi connectivity index (χ2n) is 5.93. The van der Waals surface area contributed by atoms with Crippen LogP contribution in [0.3, 0.4) is 0 Å². The van der Waals surface area contributed by atoms with E-state index in [1.54, 1.807) is 12.4 Å². The fourth-order valence-corrected chi connectivity index (χ4v) is 3.03. The van der Waals surface area contributed by atoms with Crippen molar-refractivity contribution in [2.24, 2.45) is 0 Å². The molecule has 2 aromatic heterocycles. The van der Waals surface area contributed by atoms with Crippen molar-refractivity contribution in [2.75, 3.05) is 16.8 Å². The summed E-state index contributed by atoms with van der Waals surface area (Å²) in [5, 5.41) is 3.31. The maximum absolute atomic E-state index is 4.72. The summed E-state index contributed by atoms with van der Waals surface area (Å²) in [5.74, 6) is 1.61. The first-order valence-corrected chi connectivity index (χ1v) is 8.13. The van der Waals surface area contributed by atoms with E-state index in [9.17, 15) is 0 Å². The van der Waals surface area contributed by atoms with E-state index >= 15 is 0 Å². The summed E-state index contributed by atoms with van der Waals surface area (Å²) in [6, 6.07) is 14.5. The van der Waals surface area contributed by atoms with Gasteiger partial charge in [0, 0.05) is 42.9 Å². The molecule has 1 aliphatic rings. The summed E-state index contributed by atoms with van der Waals surface area (Å²) >= 11 is 0. The summed E-state index contributed by atoms with van der Waals surface area (Å²) in [6.45, 7) is 3.65. The van der Waals surface area contributed by atoms with E-state index in [2.05, 4.69) is 44.5 Å². The van der Waals surface area contributed by atoms with Gasteiger partial charge in [0.15, 0.2) is 0 Å². The van der Waals surface area contributed by atoms with Crippen LogP contribution in [-0.2, 0) is 13.0 Å². The van der Waals surface area contributed by atoms with E-state index in [0.29, 0.717) is 12.5 Å². The van der Waals surface area contributed by atoms with Crippen molar-refractivity contribution in [3.63, 3.8) is 0 Å². The Bertz CT molecular complexity index is 847. The summed E-state index contributed by atoms with van der Waals surface area (Å²) < 4.78 is 0. The highest BCUT2D eigenvalue weighted by Gasteiger charge is 2.21. The molecule has 0 unspecified atom stereocenters. The van der Waals surface area contributed by atoms with Crippen molar-refractivity contribution in [1.82, 2.24) is 15.0 Å². The number of benzene rings is 1. The average molecular weight is 317 g/mol. The van der Waals surface area contributed by atoms with Crippen molar-refractivity contribution in [3.05, 3.63) is 71.7 Å². The van der Waals surface area contributed by atoms with Crippen molar-refractivity contribution in [1.29, 1.82) is 0 Å². The third-order valence-electron chi connectivity index (χ3n) is 4.20. The molecule has 24 heavy (non-hydrogen) atoms. The second kappa shape index (κ2) is 6.28. The average Bonchev–Trinajstić information content (AvgIpc) is 3.05. The molecule has 5 heteroatoms. The molecule has 0 saturated heterocycles. The number of fused-ring (bicyclic) bond motifs is 1. The Kier molecular flexibility index (Phi) is 3.83. The molecule has 3 heterocycles. The van der Waals surface area contributed by atoms with Crippen molar-refractivity contribution < 1.29 is 0 Å². The Labute approximate surface area is 141 Å². The van der Waals surface area contributed by atoms with Crippen LogP contribution in [0.2, 0.25) is 0 Å². The van der Waals surface area contributed by atoms with Gasteiger partial charge >= 0.3 is 0 Å². The lowest BCUT2D eigenvalue weighted by Gasteiger charge is -2.19. The van der Waals surface area contributed by atoms with Gasteiger partial charge in [-0.1, -0.05) is 18.2 Å². The number of nitrogens with zero attached hydrogens (tertiary/aromatic N) is 4. The van der Waals surface area contributed by atoms with E-state index in [1.165, 1.54) is 11.3 Å². The highest BCUT2D eigenvalue weighted by molar-refractivity contribution is 5.68. The lowest BCUT2D eigenvalue weighted by Crippen LogP contribution is -2.16. The Balaban J connectivity index is 1.58. The number of rotatable bonds is 4. The van der Waals surface area contributed by atoms with Crippen LogP contribution in [0.15, 0.2) is 54.9 Å². The zero-order valence-corrected chi connectivity index (χ0v) is 13.6. The van der Waals surface area contributed by atoms with Crippen molar-refractivity contribution in [2.45, 2.75) is 19.9 Å². The molecule has 0 spiro atoms. The molecular formula is C19H19N5. The van der Waals surface area contributed by atoms with Crippen LogP contribution >= 0.6 is 0 Å². The molecule has 0 amide bonds. The van der Waals surface area contributed by atoms with Gasteiger partial charge in [0.2, 0.25) is 5.95 Å². The third-order valence-corrected chi connectivity index (χ3v) is 4.20. The first kappa shape index (κ1) is 14.6. The van der Waals surface area contributed by atoms with Crippen LogP contribution < -0.4 is 10.2 Å². The number of aromatic nitrogens is 3. The van der Waals surface area contributed by atoms with Crippen LogP contribution in [-0.4, -0.2) is 21.5 Å². The molecule has 1 aliphatic heterocycles. The summed E-state index contributed by atoms with van der Waals surface area (Å²) in [7, 11) is 0. The van der Waals surface area contributed by atoms with Crippen molar-refractivity contribution >= 4 is 17.5 Å². The van der Waals surface area contributed by atoms with Crippen LogP contribution in [0.5, 0.6) is 0 Å². The van der Waals surface area contributed by atoms with Crippen LogP contribution in [0.25, 0.3) is 0 Å². The molecule has 0 saturated carbocycles. The minimum Gasteiger partial charge on any atom is -0.350 e. The largest absolute Gasteiger partial charge is 0.350 e. The van der Waals surface area contributed by atoms with Crippen LogP contribution in [0.4, 0.5) is 17.5 Å². The number of nitrogens with one attached hydrogen (secondary N) is 1. The first-order valence-electron chi connectivity index (χ1n) is 8.13. The lowest BCUT2D eigenvalue weighted by atomic mass is 10.2. The first-order chi connectivity index (χ1) is 11.8. The molecule has 1 aromatic carbocycles. The smallest absolute Gasteiger partial charge is 0.225 e. The predicted octanol–water partition coefficient (Wildman–Crippen LogP) is 3.49. The van der Waals surface area contributed by atoms with Gasteiger partial charge in [0.05, 0.1) is 0 Å². The monoisotopic (exact) mass is 317 g/mol. The maximum Gasteiger partial charge on any atom is 0.225 e. The highest BCUT2D eigenvalue weighted by atomic mass is 15.2. The molecule has 0 bridgehead atoms. The molecular weight excluding hydrogens is 298 g/mol. The Morgan fingerprint density at radius 2 is 1.92 bits per heavy atom. The molecule has 1 N–H and O–H groups in total. The number of anilines is 3. The Morgan fingerprint density at radius 3 is 2.79 bits per heavy atom. The fourth-order valence-electron chi connectivity index (χ4n) is 3.03. The molecule has 120 valence electrons. The number of para-hydroxylation sites is 1. The van der Waals surface area contributed by atoms with E-state index in [-0.39, 0.29) is 0 Å². The second-order valence-corrected chi connectivity index (χ2v) is 5.93. The molecule has 0 fully saturated rings. The molecule has 4 rings (SSSR count). The van der Waals surface area contributed by atoms with Gasteiger partial charge in [-0.25, -0.2) is 4.98 Å². The van der Waals surface area contributed by atoms with Gasteiger partial charge in [-0.2, -0.15) is 4.98 Å². The van der Waals surface area contributed by atoms with E-state index in [1.807, 2.05) is 25.1 Å². The van der Waals surface area contributed by atoms with Gasteiger partial charge in [-0.15, -0.1) is 0 Å². The molecule has 0 aliphatic carbocycles. The Hall–Kier alpha value is -2.95. The number of aryl methyl sites for hydroxylation is 1. The zero-order chi connectivity index (χ0) is 16.4. The standard InChI is InChI=1S/C19H19N5/c1-14-12-18(24-11-8-16-4-2-3-5-17(16)24)23-19(22-14)21-13-15-6-9-20-10-7-15/h2-7,9-10,12H,8,11,13H2,1H3,(H,21,22,23). The normalized spacial score (nSPS) is 13.0. The number of pyridine rings is 1. The lowest BCUT2D eigenvalue weighted by molar-refractivity contribution is 0.948. The number of hydrogen-bond acceptors (Lipinski definition) is 5. The third kappa shape index (κ3) is 2.93. The van der Waals surface area contributed by atoms with Crippen LogP contribution in [0, 0.1) is 6.92 Å². The minimum absolute atomic E-state index is 0.659. The summed E-state index contributed by atoms with van der Waals surface area (Å²) in [4.78, 5) is 15.5. The van der Waals surface area contributed by atoms with E-state index in [4.69, 9.17) is 4.98 Å². The molecule has 5 nitrogen and oxygen atoms in total. The topological polar surface area (TPSA) is 53.9 Å². The maximum atomic E-state index is 4.72. The molecule has 0 radical (unpaired) electrons. The Morgan fingerprint density at radius 1 is 1.08 bits per heavy atom. The van der Waals surface area contributed by atoms with Gasteiger partial charge in [-0.3, -0.25) is 4.98 Å². The zero-order valence-electron chi connectivity index (χ0n) is 13.6. The predicted molar refractivity (Wildman–Crippen MR) is 95.5 cm³/mol. The van der Waals surface area contributed by atoms with Gasteiger partial charge < -0.3 is 10.2 Å². The molecule has 3 aromatic rings. The van der Waals surface area contributed by atoms with Gasteiger partial charge in [0.1, 0.15) is 5.82 Å². The van der Waals surface area contributed by atoms with Crippen LogP contribution in [0.1, 0.15) is 16.8 Å². The van der Waals surface area contributed by atoms with Gasteiger partial charge in [0.25, 0.3) is 0 Å². The van der Waals surface area contributed by atoms with Crippen molar-refractivity contribution in [3.8, 4) is 0 Å².